The Morgan fingerprint density at radius 3 is 2.47 bits per heavy atom. The third kappa shape index (κ3) is 7.59. The van der Waals surface area contributed by atoms with Crippen LogP contribution in [0.1, 0.15) is 56.0 Å². The fourth-order valence-electron chi connectivity index (χ4n) is 3.51. The lowest BCUT2D eigenvalue weighted by Crippen LogP contribution is -2.10. The molecule has 0 saturated heterocycles. The van der Waals surface area contributed by atoms with E-state index in [-0.39, 0.29) is 12.7 Å². The van der Waals surface area contributed by atoms with Crippen LogP contribution in [0, 0.1) is 0 Å². The highest BCUT2D eigenvalue weighted by molar-refractivity contribution is 6.32. The number of hydrogen-bond acceptors (Lipinski definition) is 4. The predicted molar refractivity (Wildman–Crippen MR) is 135 cm³/mol. The standard InChI is InChI=1S/C28H27ClF3NO3/c1-3-5-9-26(36-22-16-12-19(23(29)18-22)13-17-27(34)35-4-2)25-8-6-7-24(33-25)20-10-14-21(15-11-20)28(30,31)32/h6-8,10-18,26H,3-5,9H2,1-2H3/b17-13+. The number of hydrogen-bond donors (Lipinski definition) is 0. The molecule has 0 bridgehead atoms. The lowest BCUT2D eigenvalue weighted by atomic mass is 10.1. The van der Waals surface area contributed by atoms with E-state index >= 15 is 0 Å². The van der Waals surface area contributed by atoms with E-state index in [9.17, 15) is 18.0 Å². The number of carbonyl (C=O) groups is 1. The van der Waals surface area contributed by atoms with Gasteiger partial charge in [-0.05, 0) is 73.9 Å². The Bertz CT molecular complexity index is 1190. The van der Waals surface area contributed by atoms with Crippen molar-refractivity contribution in [2.75, 3.05) is 6.61 Å². The quantitative estimate of drug-likeness (QED) is 0.200. The number of carbonyl (C=O) groups excluding carboxylic acids is 1. The second-order valence-electron chi connectivity index (χ2n) is 8.04. The molecule has 1 atom stereocenters. The molecule has 0 aliphatic rings. The summed E-state index contributed by atoms with van der Waals surface area (Å²) in [5.74, 6) is 0.0867. The summed E-state index contributed by atoms with van der Waals surface area (Å²) in [4.78, 5) is 16.2. The molecule has 3 aromatic rings. The van der Waals surface area contributed by atoms with E-state index < -0.39 is 17.7 Å². The first-order chi connectivity index (χ1) is 17.2. The third-order valence-electron chi connectivity index (χ3n) is 5.36. The van der Waals surface area contributed by atoms with E-state index in [1.54, 1.807) is 37.3 Å². The van der Waals surface area contributed by atoms with Gasteiger partial charge in [0.15, 0.2) is 0 Å². The fourth-order valence-corrected chi connectivity index (χ4v) is 3.74. The molecule has 0 spiro atoms. The van der Waals surface area contributed by atoms with Crippen molar-refractivity contribution in [3.63, 3.8) is 0 Å². The van der Waals surface area contributed by atoms with Crippen LogP contribution in [0.3, 0.4) is 0 Å². The summed E-state index contributed by atoms with van der Waals surface area (Å²) in [5.41, 5.74) is 1.75. The molecule has 1 aromatic heterocycles. The minimum atomic E-state index is -4.39. The Hall–Kier alpha value is -3.32. The molecule has 0 radical (unpaired) electrons. The molecule has 36 heavy (non-hydrogen) atoms. The van der Waals surface area contributed by atoms with Crippen LogP contribution in [0.4, 0.5) is 13.2 Å². The molecule has 0 aliphatic carbocycles. The number of rotatable bonds is 10. The molecule has 1 heterocycles. The first-order valence-electron chi connectivity index (χ1n) is 11.7. The molecule has 0 amide bonds. The fraction of sp³-hybridized carbons (Fsp3) is 0.286. The van der Waals surface area contributed by atoms with Crippen molar-refractivity contribution < 1.29 is 27.4 Å². The molecule has 8 heteroatoms. The largest absolute Gasteiger partial charge is 0.484 e. The number of pyridine rings is 1. The Morgan fingerprint density at radius 2 is 1.83 bits per heavy atom. The SMILES string of the molecule is CCCCC(Oc1ccc(/C=C/C(=O)OCC)c(Cl)c1)c1cccc(-c2ccc(C(F)(F)F)cc2)n1. The molecule has 0 aliphatic heterocycles. The van der Waals surface area contributed by atoms with Gasteiger partial charge in [-0.3, -0.25) is 0 Å². The Kier molecular flexibility index (Phi) is 9.53. The van der Waals surface area contributed by atoms with Crippen molar-refractivity contribution in [2.24, 2.45) is 0 Å². The van der Waals surface area contributed by atoms with Crippen LogP contribution < -0.4 is 4.74 Å². The maximum atomic E-state index is 12.9. The van der Waals surface area contributed by atoms with Crippen LogP contribution in [0.25, 0.3) is 17.3 Å². The number of esters is 1. The van der Waals surface area contributed by atoms with Gasteiger partial charge in [-0.15, -0.1) is 0 Å². The van der Waals surface area contributed by atoms with Gasteiger partial charge in [-0.1, -0.05) is 43.1 Å². The zero-order chi connectivity index (χ0) is 26.1. The van der Waals surface area contributed by atoms with Crippen molar-refractivity contribution in [3.8, 4) is 17.0 Å². The van der Waals surface area contributed by atoms with Gasteiger partial charge in [0.25, 0.3) is 0 Å². The summed E-state index contributed by atoms with van der Waals surface area (Å²) in [6.07, 6.45) is 0.665. The van der Waals surface area contributed by atoms with Crippen molar-refractivity contribution >= 4 is 23.6 Å². The number of benzene rings is 2. The first kappa shape index (κ1) is 27.3. The smallest absolute Gasteiger partial charge is 0.416 e. The lowest BCUT2D eigenvalue weighted by Gasteiger charge is -2.20. The summed E-state index contributed by atoms with van der Waals surface area (Å²) in [6.45, 7) is 4.09. The molecule has 3 rings (SSSR count). The van der Waals surface area contributed by atoms with Crippen molar-refractivity contribution in [1.82, 2.24) is 4.98 Å². The predicted octanol–water partition coefficient (Wildman–Crippen LogP) is 8.31. The van der Waals surface area contributed by atoms with Crippen molar-refractivity contribution in [2.45, 2.75) is 45.4 Å². The van der Waals surface area contributed by atoms with Gasteiger partial charge in [0, 0.05) is 11.6 Å². The van der Waals surface area contributed by atoms with Crippen molar-refractivity contribution in [3.05, 3.63) is 88.6 Å². The topological polar surface area (TPSA) is 48.4 Å². The van der Waals surface area contributed by atoms with E-state index in [2.05, 4.69) is 11.9 Å². The van der Waals surface area contributed by atoms with Crippen LogP contribution >= 0.6 is 11.6 Å². The monoisotopic (exact) mass is 517 g/mol. The van der Waals surface area contributed by atoms with E-state index in [1.807, 2.05) is 12.1 Å². The summed E-state index contributed by atoms with van der Waals surface area (Å²) in [6, 6.07) is 15.5. The molecule has 2 aromatic carbocycles. The van der Waals surface area contributed by atoms with Gasteiger partial charge < -0.3 is 9.47 Å². The van der Waals surface area contributed by atoms with Gasteiger partial charge >= 0.3 is 12.1 Å². The Balaban J connectivity index is 1.82. The molecule has 190 valence electrons. The zero-order valence-electron chi connectivity index (χ0n) is 20.0. The van der Waals surface area contributed by atoms with Crippen LogP contribution in [0.15, 0.2) is 66.7 Å². The summed E-state index contributed by atoms with van der Waals surface area (Å²) in [7, 11) is 0. The molecule has 0 saturated carbocycles. The number of aromatic nitrogens is 1. The zero-order valence-corrected chi connectivity index (χ0v) is 20.8. The van der Waals surface area contributed by atoms with Gasteiger partial charge in [-0.2, -0.15) is 13.2 Å². The summed E-state index contributed by atoms with van der Waals surface area (Å²) >= 11 is 6.39. The highest BCUT2D eigenvalue weighted by Gasteiger charge is 2.30. The van der Waals surface area contributed by atoms with E-state index in [0.717, 1.165) is 25.0 Å². The second-order valence-corrected chi connectivity index (χ2v) is 8.45. The van der Waals surface area contributed by atoms with Gasteiger partial charge in [0.05, 0.1) is 28.6 Å². The van der Waals surface area contributed by atoms with Crippen molar-refractivity contribution in [1.29, 1.82) is 0 Å². The second kappa shape index (κ2) is 12.6. The normalized spacial score (nSPS) is 12.5. The van der Waals surface area contributed by atoms with Gasteiger partial charge in [0.2, 0.25) is 0 Å². The minimum Gasteiger partial charge on any atom is -0.484 e. The number of alkyl halides is 3. The molecule has 0 N–H and O–H groups in total. The molecular formula is C28H27ClF3NO3. The van der Waals surface area contributed by atoms with Crippen LogP contribution in [0.2, 0.25) is 5.02 Å². The van der Waals surface area contributed by atoms with E-state index in [4.69, 9.17) is 21.1 Å². The lowest BCUT2D eigenvalue weighted by molar-refractivity contribution is -0.138. The average molecular weight is 518 g/mol. The number of unbranched alkanes of at least 4 members (excludes halogenated alkanes) is 1. The number of halogens is 4. The highest BCUT2D eigenvalue weighted by Crippen LogP contribution is 2.32. The maximum Gasteiger partial charge on any atom is 0.416 e. The number of nitrogens with zero attached hydrogens (tertiary/aromatic N) is 1. The Labute approximate surface area is 213 Å². The Morgan fingerprint density at radius 1 is 1.08 bits per heavy atom. The molecular weight excluding hydrogens is 491 g/mol. The third-order valence-corrected chi connectivity index (χ3v) is 5.69. The summed E-state index contributed by atoms with van der Waals surface area (Å²) in [5, 5.41) is 0.411. The van der Waals surface area contributed by atoms with Crippen LogP contribution in [0.5, 0.6) is 5.75 Å². The molecule has 1 unspecified atom stereocenters. The minimum absolute atomic E-state index is 0.289. The number of ether oxygens (including phenoxy) is 2. The maximum absolute atomic E-state index is 12.9. The van der Waals surface area contributed by atoms with Crippen LogP contribution in [-0.4, -0.2) is 17.6 Å². The van der Waals surface area contributed by atoms with E-state index in [1.165, 1.54) is 18.2 Å². The van der Waals surface area contributed by atoms with Gasteiger partial charge in [-0.25, -0.2) is 9.78 Å². The van der Waals surface area contributed by atoms with Gasteiger partial charge in [0.1, 0.15) is 11.9 Å². The van der Waals surface area contributed by atoms with Crippen LogP contribution in [-0.2, 0) is 15.7 Å². The first-order valence-corrected chi connectivity index (χ1v) is 12.0. The molecule has 0 fully saturated rings. The highest BCUT2D eigenvalue weighted by atomic mass is 35.5. The summed E-state index contributed by atoms with van der Waals surface area (Å²) < 4.78 is 49.9. The molecule has 4 nitrogen and oxygen atoms in total. The average Bonchev–Trinajstić information content (AvgIpc) is 2.86. The van der Waals surface area contributed by atoms with E-state index in [0.29, 0.717) is 39.7 Å².